The molecular weight excluding hydrogens is 270 g/mol. The third kappa shape index (κ3) is 3.47. The molecule has 1 aromatic rings. The van der Waals surface area contributed by atoms with Crippen LogP contribution in [0.2, 0.25) is 0 Å². The minimum atomic E-state index is -1.04. The van der Waals surface area contributed by atoms with Gasteiger partial charge in [-0.15, -0.1) is 11.3 Å². The van der Waals surface area contributed by atoms with E-state index in [4.69, 9.17) is 5.11 Å². The van der Waals surface area contributed by atoms with Crippen LogP contribution in [0.1, 0.15) is 9.75 Å². The summed E-state index contributed by atoms with van der Waals surface area (Å²) in [5.74, 6) is -1.04. The highest BCUT2D eigenvalue weighted by molar-refractivity contribution is 9.10. The van der Waals surface area contributed by atoms with Gasteiger partial charge in [0.05, 0.1) is 11.1 Å². The van der Waals surface area contributed by atoms with Crippen molar-refractivity contribution in [1.29, 1.82) is 0 Å². The van der Waals surface area contributed by atoms with E-state index in [-0.39, 0.29) is 0 Å². The maximum absolute atomic E-state index is 10.1. The number of hydrogen-bond donors (Lipinski definition) is 1. The van der Waals surface area contributed by atoms with Crippen molar-refractivity contribution < 1.29 is 14.7 Å². The largest absolute Gasteiger partial charge is 0.479 e. The first-order chi connectivity index (χ1) is 6.59. The van der Waals surface area contributed by atoms with Crippen LogP contribution in [0.5, 0.6) is 0 Å². The number of nitrogens with zero attached hydrogens (tertiary/aromatic N) is 1. The van der Waals surface area contributed by atoms with E-state index in [1.807, 2.05) is 13.0 Å². The topological polar surface area (TPSA) is 58.9 Å². The number of carboxylic acids is 1. The van der Waals surface area contributed by atoms with Gasteiger partial charge in [-0.2, -0.15) is 0 Å². The molecule has 0 saturated carbocycles. The van der Waals surface area contributed by atoms with Crippen molar-refractivity contribution in [3.63, 3.8) is 0 Å². The van der Waals surface area contributed by atoms with Crippen molar-refractivity contribution in [2.75, 3.05) is 6.61 Å². The molecule has 1 N–H and O–H groups in total. The van der Waals surface area contributed by atoms with Gasteiger partial charge in [0.25, 0.3) is 0 Å². The van der Waals surface area contributed by atoms with E-state index >= 15 is 0 Å². The quantitative estimate of drug-likeness (QED) is 0.678. The van der Waals surface area contributed by atoms with E-state index < -0.39 is 12.6 Å². The molecule has 0 atom stereocenters. The van der Waals surface area contributed by atoms with Gasteiger partial charge >= 0.3 is 5.97 Å². The molecule has 0 saturated heterocycles. The Morgan fingerprint density at radius 1 is 1.86 bits per heavy atom. The van der Waals surface area contributed by atoms with Crippen LogP contribution in [0.25, 0.3) is 0 Å². The zero-order valence-electron chi connectivity index (χ0n) is 7.36. The molecule has 76 valence electrons. The highest BCUT2D eigenvalue weighted by Crippen LogP contribution is 2.24. The molecule has 4 nitrogen and oxygen atoms in total. The molecular formula is C8H8BrNO3S. The van der Waals surface area contributed by atoms with Gasteiger partial charge in [-0.1, -0.05) is 5.16 Å². The zero-order valence-corrected chi connectivity index (χ0v) is 9.76. The summed E-state index contributed by atoms with van der Waals surface area (Å²) >= 11 is 4.91. The van der Waals surface area contributed by atoms with Crippen LogP contribution < -0.4 is 0 Å². The first-order valence-corrected chi connectivity index (χ1v) is 5.33. The Labute approximate surface area is 93.3 Å². The second-order valence-electron chi connectivity index (χ2n) is 2.45. The molecule has 0 unspecified atom stereocenters. The predicted octanol–water partition coefficient (Wildman–Crippen LogP) is 2.25. The molecule has 14 heavy (non-hydrogen) atoms. The highest BCUT2D eigenvalue weighted by atomic mass is 79.9. The minimum absolute atomic E-state index is 0.415. The number of halogens is 1. The monoisotopic (exact) mass is 277 g/mol. The van der Waals surface area contributed by atoms with Gasteiger partial charge in [-0.3, -0.25) is 0 Å². The maximum Gasteiger partial charge on any atom is 0.344 e. The molecule has 0 aliphatic heterocycles. The number of aryl methyl sites for hydroxylation is 1. The summed E-state index contributed by atoms with van der Waals surface area (Å²) in [5, 5.41) is 11.8. The van der Waals surface area contributed by atoms with Crippen LogP contribution in [0, 0.1) is 6.92 Å². The van der Waals surface area contributed by atoms with E-state index in [2.05, 4.69) is 25.9 Å². The summed E-state index contributed by atoms with van der Waals surface area (Å²) in [5.41, 5.74) is 0. The predicted molar refractivity (Wildman–Crippen MR) is 57.9 cm³/mol. The summed E-state index contributed by atoms with van der Waals surface area (Å²) in [6.07, 6.45) is 1.49. The van der Waals surface area contributed by atoms with Crippen molar-refractivity contribution in [3.8, 4) is 0 Å². The third-order valence-electron chi connectivity index (χ3n) is 1.32. The van der Waals surface area contributed by atoms with E-state index in [0.29, 0.717) is 0 Å². The van der Waals surface area contributed by atoms with Crippen molar-refractivity contribution in [2.24, 2.45) is 5.16 Å². The molecule has 0 aliphatic rings. The average molecular weight is 278 g/mol. The number of aliphatic carboxylic acids is 1. The smallest absolute Gasteiger partial charge is 0.344 e. The Balaban J connectivity index is 2.48. The summed E-state index contributed by atoms with van der Waals surface area (Å²) in [6.45, 7) is 1.56. The van der Waals surface area contributed by atoms with E-state index in [1.54, 1.807) is 11.3 Å². The Kier molecular flexibility index (Phi) is 4.09. The maximum atomic E-state index is 10.1. The van der Waals surface area contributed by atoms with Crippen LogP contribution in [-0.2, 0) is 9.63 Å². The van der Waals surface area contributed by atoms with Gasteiger partial charge < -0.3 is 9.94 Å². The fourth-order valence-electron chi connectivity index (χ4n) is 0.727. The summed E-state index contributed by atoms with van der Waals surface area (Å²) in [7, 11) is 0. The molecule has 1 heterocycles. The molecule has 0 amide bonds. The zero-order chi connectivity index (χ0) is 10.6. The summed E-state index contributed by atoms with van der Waals surface area (Å²) < 4.78 is 1.02. The lowest BCUT2D eigenvalue weighted by molar-refractivity contribution is -0.142. The van der Waals surface area contributed by atoms with Crippen LogP contribution >= 0.6 is 27.3 Å². The van der Waals surface area contributed by atoms with Crippen molar-refractivity contribution in [1.82, 2.24) is 0 Å². The molecule has 6 heteroatoms. The molecule has 0 aromatic carbocycles. The second-order valence-corrected chi connectivity index (χ2v) is 4.60. The molecule has 0 radical (unpaired) electrons. The van der Waals surface area contributed by atoms with Crippen LogP contribution in [0.15, 0.2) is 15.7 Å². The molecule has 0 aliphatic carbocycles. The van der Waals surface area contributed by atoms with Crippen LogP contribution in [0.3, 0.4) is 0 Å². The van der Waals surface area contributed by atoms with Gasteiger partial charge in [0.1, 0.15) is 0 Å². The van der Waals surface area contributed by atoms with Gasteiger partial charge in [-0.25, -0.2) is 4.79 Å². The Morgan fingerprint density at radius 3 is 3.07 bits per heavy atom. The number of carboxylic acid groups (broad SMARTS) is 1. The number of hydrogen-bond acceptors (Lipinski definition) is 4. The van der Waals surface area contributed by atoms with Gasteiger partial charge in [-0.05, 0) is 28.9 Å². The van der Waals surface area contributed by atoms with Crippen molar-refractivity contribution >= 4 is 39.5 Å². The van der Waals surface area contributed by atoms with Crippen molar-refractivity contribution in [3.05, 3.63) is 20.3 Å². The Bertz CT molecular complexity index is 342. The second kappa shape index (κ2) is 5.11. The van der Waals surface area contributed by atoms with Crippen molar-refractivity contribution in [2.45, 2.75) is 6.92 Å². The number of carbonyl (C=O) groups is 1. The first-order valence-electron chi connectivity index (χ1n) is 3.72. The van der Waals surface area contributed by atoms with Crippen LogP contribution in [0.4, 0.5) is 0 Å². The molecule has 0 spiro atoms. The number of oxime groups is 1. The van der Waals surface area contributed by atoms with Gasteiger partial charge in [0.15, 0.2) is 0 Å². The molecule has 0 bridgehead atoms. The molecule has 1 rings (SSSR count). The summed E-state index contributed by atoms with van der Waals surface area (Å²) in [6, 6.07) is 1.90. The summed E-state index contributed by atoms with van der Waals surface area (Å²) in [4.78, 5) is 16.6. The average Bonchev–Trinajstić information content (AvgIpc) is 2.40. The van der Waals surface area contributed by atoms with E-state index in [1.165, 1.54) is 6.21 Å². The lowest BCUT2D eigenvalue weighted by Crippen LogP contribution is -2.03. The molecule has 1 aromatic heterocycles. The Morgan fingerprint density at radius 2 is 2.57 bits per heavy atom. The van der Waals surface area contributed by atoms with E-state index in [0.717, 1.165) is 14.2 Å². The lowest BCUT2D eigenvalue weighted by atomic mass is 10.4. The fourth-order valence-corrected chi connectivity index (χ4v) is 2.15. The SMILES string of the molecule is Cc1sc(C=NOCC(=O)O)cc1Br. The fraction of sp³-hybridized carbons (Fsp3) is 0.250. The standard InChI is InChI=1S/C8H8BrNO3S/c1-5-7(9)2-6(14-5)3-10-13-4-8(11)12/h2-3H,4H2,1H3,(H,11,12). The van der Waals surface area contributed by atoms with Crippen LogP contribution in [-0.4, -0.2) is 23.9 Å². The number of rotatable bonds is 4. The highest BCUT2D eigenvalue weighted by Gasteiger charge is 2.00. The molecule has 0 fully saturated rings. The van der Waals surface area contributed by atoms with Gasteiger partial charge in [0, 0.05) is 9.35 Å². The van der Waals surface area contributed by atoms with E-state index in [9.17, 15) is 4.79 Å². The first kappa shape index (κ1) is 11.2. The lowest BCUT2D eigenvalue weighted by Gasteiger charge is -1.90. The normalized spacial score (nSPS) is 10.7. The third-order valence-corrected chi connectivity index (χ3v) is 3.39. The minimum Gasteiger partial charge on any atom is -0.479 e. The van der Waals surface area contributed by atoms with Gasteiger partial charge in [0.2, 0.25) is 6.61 Å². The Hall–Kier alpha value is -0.880. The number of thiophene rings is 1.